The van der Waals surface area contributed by atoms with Crippen molar-refractivity contribution in [2.45, 2.75) is 25.8 Å². The topological polar surface area (TPSA) is 12.0 Å². The van der Waals surface area contributed by atoms with Crippen LogP contribution in [-0.4, -0.2) is 6.54 Å². The van der Waals surface area contributed by atoms with Gasteiger partial charge in [-0.2, -0.15) is 0 Å². The van der Waals surface area contributed by atoms with Crippen LogP contribution in [0.4, 0.5) is 0 Å². The summed E-state index contributed by atoms with van der Waals surface area (Å²) in [6.07, 6.45) is 8.55. The fraction of sp³-hybridized carbons (Fsp3) is 0.172. The van der Waals surface area contributed by atoms with Gasteiger partial charge in [0.2, 0.25) is 0 Å². The SMILES string of the molecule is C=C/C(=C\C)C(NCCCC=C(c1ccccc1)c1ccccc1)c1ccccc1. The summed E-state index contributed by atoms with van der Waals surface area (Å²) in [6.45, 7) is 7.01. The molecule has 3 aromatic carbocycles. The van der Waals surface area contributed by atoms with Gasteiger partial charge < -0.3 is 5.32 Å². The summed E-state index contributed by atoms with van der Waals surface area (Å²) < 4.78 is 0. The molecule has 1 atom stereocenters. The van der Waals surface area contributed by atoms with Crippen LogP contribution >= 0.6 is 0 Å². The Bertz CT molecular complexity index is 912. The Morgan fingerprint density at radius 2 is 1.37 bits per heavy atom. The number of benzene rings is 3. The van der Waals surface area contributed by atoms with Crippen molar-refractivity contribution in [3.05, 3.63) is 138 Å². The predicted octanol–water partition coefficient (Wildman–Crippen LogP) is 7.36. The molecule has 152 valence electrons. The quantitative estimate of drug-likeness (QED) is 0.280. The van der Waals surface area contributed by atoms with Gasteiger partial charge in [-0.1, -0.05) is 116 Å². The molecule has 0 bridgehead atoms. The Hall–Kier alpha value is -3.16. The van der Waals surface area contributed by atoms with Crippen LogP contribution in [0.5, 0.6) is 0 Å². The summed E-state index contributed by atoms with van der Waals surface area (Å²) in [7, 11) is 0. The van der Waals surface area contributed by atoms with E-state index in [9.17, 15) is 0 Å². The van der Waals surface area contributed by atoms with Gasteiger partial charge in [-0.05, 0) is 54.1 Å². The fourth-order valence-electron chi connectivity index (χ4n) is 3.71. The Kier molecular flexibility index (Phi) is 8.44. The molecule has 0 saturated carbocycles. The Labute approximate surface area is 181 Å². The normalized spacial score (nSPS) is 12.2. The first-order chi connectivity index (χ1) is 14.8. The maximum Gasteiger partial charge on any atom is 0.0573 e. The molecule has 0 amide bonds. The molecule has 3 aromatic rings. The summed E-state index contributed by atoms with van der Waals surface area (Å²) in [5.74, 6) is 0. The van der Waals surface area contributed by atoms with Crippen molar-refractivity contribution in [2.24, 2.45) is 0 Å². The second-order valence-corrected chi connectivity index (χ2v) is 7.28. The molecule has 0 aliphatic rings. The third-order valence-electron chi connectivity index (χ3n) is 5.28. The minimum absolute atomic E-state index is 0.181. The molecule has 3 rings (SSSR count). The zero-order valence-electron chi connectivity index (χ0n) is 17.8. The maximum absolute atomic E-state index is 4.00. The van der Waals surface area contributed by atoms with Gasteiger partial charge in [0.1, 0.15) is 0 Å². The van der Waals surface area contributed by atoms with E-state index in [1.165, 1.54) is 27.8 Å². The summed E-state index contributed by atoms with van der Waals surface area (Å²) >= 11 is 0. The van der Waals surface area contributed by atoms with Crippen molar-refractivity contribution in [1.29, 1.82) is 0 Å². The maximum atomic E-state index is 4.00. The molecular formula is C29H31N. The van der Waals surface area contributed by atoms with Gasteiger partial charge in [-0.3, -0.25) is 0 Å². The van der Waals surface area contributed by atoms with Crippen LogP contribution in [0.15, 0.2) is 121 Å². The van der Waals surface area contributed by atoms with Crippen LogP contribution in [0.1, 0.15) is 42.5 Å². The molecule has 0 fully saturated rings. The lowest BCUT2D eigenvalue weighted by molar-refractivity contribution is 0.585. The summed E-state index contributed by atoms with van der Waals surface area (Å²) in [5.41, 5.74) is 6.32. The highest BCUT2D eigenvalue weighted by atomic mass is 14.9. The van der Waals surface area contributed by atoms with E-state index in [0.717, 1.165) is 19.4 Å². The van der Waals surface area contributed by atoms with E-state index in [2.05, 4.69) is 122 Å². The third kappa shape index (κ3) is 5.92. The first-order valence-corrected chi connectivity index (χ1v) is 10.7. The van der Waals surface area contributed by atoms with E-state index in [4.69, 9.17) is 0 Å². The molecule has 0 heterocycles. The van der Waals surface area contributed by atoms with E-state index >= 15 is 0 Å². The Morgan fingerprint density at radius 1 is 0.833 bits per heavy atom. The molecule has 0 aliphatic heterocycles. The second-order valence-electron chi connectivity index (χ2n) is 7.28. The predicted molar refractivity (Wildman–Crippen MR) is 130 cm³/mol. The van der Waals surface area contributed by atoms with E-state index < -0.39 is 0 Å². The largest absolute Gasteiger partial charge is 0.306 e. The number of hydrogen-bond acceptors (Lipinski definition) is 1. The molecule has 0 aliphatic carbocycles. The van der Waals surface area contributed by atoms with Gasteiger partial charge >= 0.3 is 0 Å². The van der Waals surface area contributed by atoms with Crippen LogP contribution in [-0.2, 0) is 0 Å². The van der Waals surface area contributed by atoms with Gasteiger partial charge in [0.05, 0.1) is 6.04 Å². The van der Waals surface area contributed by atoms with Crippen LogP contribution in [0, 0.1) is 0 Å². The van der Waals surface area contributed by atoms with Crippen LogP contribution < -0.4 is 5.32 Å². The molecule has 0 spiro atoms. The van der Waals surface area contributed by atoms with Gasteiger partial charge in [0.15, 0.2) is 0 Å². The fourth-order valence-corrected chi connectivity index (χ4v) is 3.71. The smallest absolute Gasteiger partial charge is 0.0573 e. The number of hydrogen-bond donors (Lipinski definition) is 1. The number of unbranched alkanes of at least 4 members (excludes halogenated alkanes) is 1. The summed E-state index contributed by atoms with van der Waals surface area (Å²) in [5, 5.41) is 3.72. The molecule has 1 unspecified atom stereocenters. The van der Waals surface area contributed by atoms with Crippen LogP contribution in [0.2, 0.25) is 0 Å². The molecular weight excluding hydrogens is 362 g/mol. The van der Waals surface area contributed by atoms with Crippen molar-refractivity contribution in [3.63, 3.8) is 0 Å². The zero-order valence-corrected chi connectivity index (χ0v) is 17.8. The van der Waals surface area contributed by atoms with Crippen molar-refractivity contribution >= 4 is 5.57 Å². The van der Waals surface area contributed by atoms with Crippen LogP contribution in [0.3, 0.4) is 0 Å². The summed E-state index contributed by atoms with van der Waals surface area (Å²) in [6, 6.07) is 32.1. The number of rotatable bonds is 10. The first kappa shape index (κ1) is 21.5. The Balaban J connectivity index is 1.67. The molecule has 1 heteroatoms. The highest BCUT2D eigenvalue weighted by Crippen LogP contribution is 2.25. The average Bonchev–Trinajstić information content (AvgIpc) is 2.82. The highest BCUT2D eigenvalue weighted by molar-refractivity contribution is 5.79. The van der Waals surface area contributed by atoms with E-state index in [0.29, 0.717) is 0 Å². The molecule has 1 N–H and O–H groups in total. The highest BCUT2D eigenvalue weighted by Gasteiger charge is 2.12. The van der Waals surface area contributed by atoms with E-state index in [-0.39, 0.29) is 6.04 Å². The molecule has 0 saturated heterocycles. The average molecular weight is 394 g/mol. The van der Waals surface area contributed by atoms with Gasteiger partial charge in [-0.25, -0.2) is 0 Å². The minimum atomic E-state index is 0.181. The number of allylic oxidation sites excluding steroid dienone is 2. The van der Waals surface area contributed by atoms with Crippen molar-refractivity contribution in [1.82, 2.24) is 5.32 Å². The van der Waals surface area contributed by atoms with Crippen LogP contribution in [0.25, 0.3) is 5.57 Å². The molecule has 1 nitrogen and oxygen atoms in total. The lowest BCUT2D eigenvalue weighted by Crippen LogP contribution is -2.23. The molecule has 30 heavy (non-hydrogen) atoms. The van der Waals surface area contributed by atoms with Crippen molar-refractivity contribution < 1.29 is 0 Å². The first-order valence-electron chi connectivity index (χ1n) is 10.7. The number of nitrogens with one attached hydrogen (secondary N) is 1. The molecule has 0 radical (unpaired) electrons. The lowest BCUT2D eigenvalue weighted by Gasteiger charge is -2.20. The zero-order chi connectivity index (χ0) is 21.0. The van der Waals surface area contributed by atoms with Crippen molar-refractivity contribution in [3.8, 4) is 0 Å². The lowest BCUT2D eigenvalue weighted by atomic mass is 9.96. The van der Waals surface area contributed by atoms with E-state index in [1.54, 1.807) is 0 Å². The third-order valence-corrected chi connectivity index (χ3v) is 5.28. The molecule has 0 aromatic heterocycles. The van der Waals surface area contributed by atoms with Gasteiger partial charge in [-0.15, -0.1) is 0 Å². The van der Waals surface area contributed by atoms with Crippen molar-refractivity contribution in [2.75, 3.05) is 6.54 Å². The summed E-state index contributed by atoms with van der Waals surface area (Å²) in [4.78, 5) is 0. The van der Waals surface area contributed by atoms with E-state index in [1.807, 2.05) is 6.08 Å². The second kappa shape index (κ2) is 11.7. The minimum Gasteiger partial charge on any atom is -0.306 e. The monoisotopic (exact) mass is 393 g/mol. The van der Waals surface area contributed by atoms with Gasteiger partial charge in [0, 0.05) is 0 Å². The Morgan fingerprint density at radius 3 is 1.87 bits per heavy atom. The van der Waals surface area contributed by atoms with Gasteiger partial charge in [0.25, 0.3) is 0 Å². The standard InChI is InChI=1S/C29H31N/c1-3-24(4-2)29(27-20-12-7-13-21-27)30-23-15-14-22-28(25-16-8-5-9-17-25)26-18-10-6-11-19-26/h3-13,16-22,29-30H,1,14-15,23H2,2H3/b24-4+.